The average molecular weight is 366 g/mol. The van der Waals surface area contributed by atoms with Crippen LogP contribution in [-0.2, 0) is 9.59 Å². The summed E-state index contributed by atoms with van der Waals surface area (Å²) >= 11 is 0. The summed E-state index contributed by atoms with van der Waals surface area (Å²) in [5, 5.41) is 8.13. The first kappa shape index (κ1) is 18.6. The summed E-state index contributed by atoms with van der Waals surface area (Å²) in [5.41, 5.74) is 2.01. The van der Waals surface area contributed by atoms with Crippen molar-refractivity contribution in [3.63, 3.8) is 0 Å². The number of nitrogens with one attached hydrogen (secondary N) is 3. The van der Waals surface area contributed by atoms with Gasteiger partial charge in [-0.05, 0) is 37.1 Å². The van der Waals surface area contributed by atoms with Crippen molar-refractivity contribution in [2.45, 2.75) is 37.1 Å². The predicted molar refractivity (Wildman–Crippen MR) is 95.7 cm³/mol. The third kappa shape index (κ3) is 3.51. The van der Waals surface area contributed by atoms with Gasteiger partial charge >= 0.3 is 0 Å². The molecule has 0 radical (unpaired) electrons. The summed E-state index contributed by atoms with van der Waals surface area (Å²) < 4.78 is 28.5. The lowest BCUT2D eigenvalue weighted by Gasteiger charge is -2.34. The minimum atomic E-state index is -2.79. The van der Waals surface area contributed by atoms with Gasteiger partial charge in [0.1, 0.15) is 6.04 Å². The molecule has 2 fully saturated rings. The largest absolute Gasteiger partial charge is 0.386 e. The van der Waals surface area contributed by atoms with Crippen molar-refractivity contribution in [1.82, 2.24) is 10.6 Å². The molecule has 142 valence electrons. The predicted octanol–water partition coefficient (Wildman–Crippen LogP) is 1.68. The summed E-state index contributed by atoms with van der Waals surface area (Å²) in [6, 6.07) is 4.75. The molecule has 6 nitrogen and oxygen atoms in total. The molecule has 2 atom stereocenters. The van der Waals surface area contributed by atoms with Gasteiger partial charge in [0.05, 0.1) is 23.8 Å². The molecule has 26 heavy (non-hydrogen) atoms. The van der Waals surface area contributed by atoms with Gasteiger partial charge in [0.2, 0.25) is 11.8 Å². The Morgan fingerprint density at radius 3 is 2.69 bits per heavy atom. The second-order valence-corrected chi connectivity index (χ2v) is 6.88. The number of nitrogens with zero attached hydrogens (tertiary/aromatic N) is 1. The molecule has 2 aliphatic heterocycles. The fourth-order valence-electron chi connectivity index (χ4n) is 3.74. The molecule has 0 spiro atoms. The molecule has 0 bridgehead atoms. The number of alkyl halides is 2. The van der Waals surface area contributed by atoms with Gasteiger partial charge in [0.15, 0.2) is 0 Å². The molecule has 2 amide bonds. The van der Waals surface area contributed by atoms with E-state index in [1.54, 1.807) is 37.2 Å². The summed E-state index contributed by atoms with van der Waals surface area (Å²) in [6.45, 7) is 0.248. The van der Waals surface area contributed by atoms with Crippen molar-refractivity contribution in [3.8, 4) is 0 Å². The Morgan fingerprint density at radius 2 is 2.04 bits per heavy atom. The number of benzene rings is 1. The van der Waals surface area contributed by atoms with Crippen LogP contribution in [0.15, 0.2) is 18.2 Å². The van der Waals surface area contributed by atoms with E-state index in [2.05, 4.69) is 16.0 Å². The van der Waals surface area contributed by atoms with Gasteiger partial charge < -0.3 is 15.5 Å². The number of carbonyl (C=O) groups excluding carboxylic acids is 2. The number of anilines is 2. The van der Waals surface area contributed by atoms with Gasteiger partial charge in [0, 0.05) is 20.5 Å². The van der Waals surface area contributed by atoms with Crippen molar-refractivity contribution in [2.75, 3.05) is 37.4 Å². The third-order valence-electron chi connectivity index (χ3n) is 5.23. The van der Waals surface area contributed by atoms with E-state index in [4.69, 9.17) is 0 Å². The van der Waals surface area contributed by atoms with Crippen molar-refractivity contribution in [2.24, 2.45) is 0 Å². The molecule has 1 aromatic carbocycles. The Hall–Kier alpha value is -2.22. The summed E-state index contributed by atoms with van der Waals surface area (Å²) in [4.78, 5) is 25.3. The molecular formula is C18H24F2N4O2. The molecule has 2 heterocycles. The molecule has 2 saturated heterocycles. The first-order valence-corrected chi connectivity index (χ1v) is 8.80. The summed E-state index contributed by atoms with van der Waals surface area (Å²) in [6.07, 6.45) is 1.09. The smallest absolute Gasteiger partial charge is 0.267 e. The van der Waals surface area contributed by atoms with E-state index >= 15 is 0 Å². The molecule has 3 N–H and O–H groups in total. The van der Waals surface area contributed by atoms with E-state index in [1.165, 1.54) is 0 Å². The fourth-order valence-corrected chi connectivity index (χ4v) is 3.74. The summed E-state index contributed by atoms with van der Waals surface area (Å²) in [7, 11) is 3.50. The lowest BCUT2D eigenvalue weighted by molar-refractivity contribution is -0.134. The first-order valence-electron chi connectivity index (χ1n) is 8.80. The van der Waals surface area contributed by atoms with Gasteiger partial charge in [-0.3, -0.25) is 14.9 Å². The van der Waals surface area contributed by atoms with E-state index in [0.717, 1.165) is 5.69 Å². The molecule has 3 rings (SSSR count). The van der Waals surface area contributed by atoms with Gasteiger partial charge in [-0.1, -0.05) is 6.07 Å². The number of piperidine rings is 2. The van der Waals surface area contributed by atoms with Crippen molar-refractivity contribution >= 4 is 23.2 Å². The zero-order valence-corrected chi connectivity index (χ0v) is 14.9. The number of hydrogen-bond acceptors (Lipinski definition) is 5. The summed E-state index contributed by atoms with van der Waals surface area (Å²) in [5.74, 6) is -4.22. The highest BCUT2D eigenvalue weighted by Crippen LogP contribution is 2.40. The highest BCUT2D eigenvalue weighted by molar-refractivity contribution is 6.02. The Morgan fingerprint density at radius 1 is 1.27 bits per heavy atom. The normalized spacial score (nSPS) is 25.5. The highest BCUT2D eigenvalue weighted by Gasteiger charge is 2.42. The number of likely N-dealkylation sites (N-methyl/N-ethyl adjacent to an activating group) is 1. The van der Waals surface area contributed by atoms with E-state index in [0.29, 0.717) is 30.6 Å². The number of hydrogen-bond donors (Lipinski definition) is 3. The molecule has 0 aromatic heterocycles. The quantitative estimate of drug-likeness (QED) is 0.707. The maximum Gasteiger partial charge on any atom is 0.267 e. The lowest BCUT2D eigenvalue weighted by Crippen LogP contribution is -2.51. The first-order chi connectivity index (χ1) is 12.3. The van der Waals surface area contributed by atoms with Crippen LogP contribution in [0, 0.1) is 0 Å². The molecule has 0 aliphatic carbocycles. The number of carbonyl (C=O) groups is 2. The molecule has 2 unspecified atom stereocenters. The van der Waals surface area contributed by atoms with Crippen LogP contribution in [0.2, 0.25) is 0 Å². The maximum absolute atomic E-state index is 14.2. The zero-order valence-electron chi connectivity index (χ0n) is 14.9. The van der Waals surface area contributed by atoms with Crippen molar-refractivity contribution < 1.29 is 18.4 Å². The minimum Gasteiger partial charge on any atom is -0.386 e. The molecule has 1 aromatic rings. The second-order valence-electron chi connectivity index (χ2n) is 6.88. The number of halogens is 2. The van der Waals surface area contributed by atoms with E-state index in [9.17, 15) is 18.4 Å². The van der Waals surface area contributed by atoms with Gasteiger partial charge in [-0.2, -0.15) is 0 Å². The molecular weight excluding hydrogens is 342 g/mol. The monoisotopic (exact) mass is 366 g/mol. The van der Waals surface area contributed by atoms with E-state index in [-0.39, 0.29) is 24.8 Å². The van der Waals surface area contributed by atoms with Gasteiger partial charge in [-0.25, -0.2) is 8.78 Å². The third-order valence-corrected chi connectivity index (χ3v) is 5.23. The Labute approximate surface area is 151 Å². The minimum absolute atomic E-state index is 0.267. The second kappa shape index (κ2) is 7.19. The fraction of sp³-hybridized carbons (Fsp3) is 0.556. The number of rotatable bonds is 4. The van der Waals surface area contributed by atoms with Crippen LogP contribution in [0.4, 0.5) is 20.2 Å². The maximum atomic E-state index is 14.2. The van der Waals surface area contributed by atoms with E-state index in [1.807, 2.05) is 0 Å². The highest BCUT2D eigenvalue weighted by atomic mass is 19.3. The Balaban J connectivity index is 1.87. The lowest BCUT2D eigenvalue weighted by atomic mass is 9.86. The molecule has 0 saturated carbocycles. The molecule has 2 aliphatic rings. The standard InChI is InChI=1S/C18H24F2N4O2/c1-21-13-9-11(12-7-8-22-10-18(12,19)20)3-4-14(13)24(2)15-5-6-16(25)23-17(15)26/h3-4,9,12,15,21-22H,5-8,10H2,1-2H3,(H,23,25,26). The van der Waals surface area contributed by atoms with Crippen molar-refractivity contribution in [1.29, 1.82) is 0 Å². The van der Waals surface area contributed by atoms with Crippen LogP contribution < -0.4 is 20.9 Å². The Kier molecular flexibility index (Phi) is 5.13. The van der Waals surface area contributed by atoms with Gasteiger partial charge in [-0.15, -0.1) is 0 Å². The van der Waals surface area contributed by atoms with Crippen LogP contribution in [0.1, 0.15) is 30.7 Å². The van der Waals surface area contributed by atoms with E-state index < -0.39 is 17.9 Å². The molecule has 8 heteroatoms. The number of imide groups is 1. The van der Waals surface area contributed by atoms with Crippen LogP contribution in [0.25, 0.3) is 0 Å². The topological polar surface area (TPSA) is 73.5 Å². The Bertz CT molecular complexity index is 710. The SMILES string of the molecule is CNc1cc(C2CCNCC2(F)F)ccc1N(C)C1CCC(=O)NC1=O. The van der Waals surface area contributed by atoms with Crippen LogP contribution in [0.5, 0.6) is 0 Å². The van der Waals surface area contributed by atoms with Crippen LogP contribution in [0.3, 0.4) is 0 Å². The number of amides is 2. The average Bonchev–Trinajstić information content (AvgIpc) is 2.60. The van der Waals surface area contributed by atoms with Gasteiger partial charge in [0.25, 0.3) is 5.92 Å². The van der Waals surface area contributed by atoms with Crippen molar-refractivity contribution in [3.05, 3.63) is 23.8 Å². The van der Waals surface area contributed by atoms with Crippen LogP contribution >= 0.6 is 0 Å². The zero-order chi connectivity index (χ0) is 18.9. The van der Waals surface area contributed by atoms with Crippen LogP contribution in [-0.4, -0.2) is 51.0 Å².